The summed E-state index contributed by atoms with van der Waals surface area (Å²) in [6, 6.07) is 1.34. The third kappa shape index (κ3) is 4.87. The normalized spacial score (nSPS) is 44.0. The largest absolute Gasteiger partial charge is 0.481 e. The van der Waals surface area contributed by atoms with E-state index in [1.807, 2.05) is 13.8 Å². The molecule has 0 amide bonds. The number of aliphatic carboxylic acids is 1. The van der Waals surface area contributed by atoms with Gasteiger partial charge in [0.05, 0.1) is 0 Å². The van der Waals surface area contributed by atoms with Crippen molar-refractivity contribution in [1.82, 2.24) is 5.32 Å². The zero-order valence-electron chi connectivity index (χ0n) is 21.4. The van der Waals surface area contributed by atoms with Crippen LogP contribution >= 0.6 is 0 Å². The van der Waals surface area contributed by atoms with Crippen LogP contribution in [0.25, 0.3) is 0 Å². The van der Waals surface area contributed by atoms with Gasteiger partial charge in [-0.2, -0.15) is 0 Å². The number of fused-ring (bicyclic) bond motifs is 5. The molecule has 0 aromatic heterocycles. The van der Waals surface area contributed by atoms with E-state index in [2.05, 4.69) is 33.0 Å². The smallest absolute Gasteiger partial charge is 0.303 e. The number of nitrogens with one attached hydrogen (secondary N) is 1. The van der Waals surface area contributed by atoms with Crippen LogP contribution in [0.3, 0.4) is 0 Å². The molecule has 0 spiro atoms. The van der Waals surface area contributed by atoms with Crippen molar-refractivity contribution in [2.75, 3.05) is 0 Å². The molecular weight excluding hydrogens is 382 g/mol. The topological polar surface area (TPSA) is 49.3 Å². The van der Waals surface area contributed by atoms with Crippen molar-refractivity contribution >= 4 is 5.97 Å². The van der Waals surface area contributed by atoms with Crippen molar-refractivity contribution in [3.8, 4) is 0 Å². The van der Waals surface area contributed by atoms with Crippen LogP contribution < -0.4 is 5.32 Å². The number of hydrogen-bond donors (Lipinski definition) is 2. The van der Waals surface area contributed by atoms with Gasteiger partial charge in [-0.1, -0.05) is 41.5 Å². The highest BCUT2D eigenvalue weighted by molar-refractivity contribution is 5.66. The van der Waals surface area contributed by atoms with Crippen LogP contribution in [0.1, 0.15) is 119 Å². The van der Waals surface area contributed by atoms with Gasteiger partial charge < -0.3 is 10.4 Å². The molecule has 0 aromatic carbocycles. The molecule has 4 aliphatic rings. The van der Waals surface area contributed by atoms with E-state index in [0.29, 0.717) is 23.3 Å². The zero-order valence-corrected chi connectivity index (χ0v) is 21.4. The molecule has 4 saturated carbocycles. The molecule has 0 saturated heterocycles. The summed E-state index contributed by atoms with van der Waals surface area (Å²) >= 11 is 0. The van der Waals surface area contributed by atoms with Gasteiger partial charge in [0.1, 0.15) is 0 Å². The molecule has 0 radical (unpaired) electrons. The van der Waals surface area contributed by atoms with Crippen molar-refractivity contribution in [1.29, 1.82) is 0 Å². The molecule has 180 valence electrons. The Hall–Kier alpha value is -0.570. The van der Waals surface area contributed by atoms with Gasteiger partial charge in [0, 0.05) is 18.5 Å². The maximum Gasteiger partial charge on any atom is 0.303 e. The quantitative estimate of drug-likeness (QED) is 0.462. The van der Waals surface area contributed by atoms with Crippen LogP contribution in [-0.2, 0) is 4.79 Å². The Kier molecular flexibility index (Phi) is 8.20. The summed E-state index contributed by atoms with van der Waals surface area (Å²) in [6.45, 7) is 13.8. The molecule has 0 aromatic rings. The number of carboxylic acid groups (broad SMARTS) is 1. The van der Waals surface area contributed by atoms with Gasteiger partial charge in [-0.25, -0.2) is 0 Å². The number of rotatable bonds is 6. The molecule has 4 rings (SSSR count). The second-order valence-corrected chi connectivity index (χ2v) is 12.1. The molecule has 8 unspecified atom stereocenters. The highest BCUT2D eigenvalue weighted by Crippen LogP contribution is 2.67. The average Bonchev–Trinajstić information content (AvgIpc) is 3.06. The number of hydrogen-bond acceptors (Lipinski definition) is 2. The molecule has 3 nitrogen and oxygen atoms in total. The maximum atomic E-state index is 11.0. The summed E-state index contributed by atoms with van der Waals surface area (Å²) in [6.07, 6.45) is 15.1. The summed E-state index contributed by atoms with van der Waals surface area (Å²) < 4.78 is 0. The third-order valence-corrected chi connectivity index (χ3v) is 10.4. The zero-order chi connectivity index (χ0) is 22.8. The fourth-order valence-corrected chi connectivity index (χ4v) is 8.96. The molecule has 31 heavy (non-hydrogen) atoms. The Balaban J connectivity index is 0.00000132. The molecule has 2 N–H and O–H groups in total. The van der Waals surface area contributed by atoms with E-state index in [9.17, 15) is 4.79 Å². The fraction of sp³-hybridized carbons (Fsp3) is 0.964. The highest BCUT2D eigenvalue weighted by Gasteiger charge is 2.59. The van der Waals surface area contributed by atoms with Crippen LogP contribution in [0.5, 0.6) is 0 Å². The van der Waals surface area contributed by atoms with Gasteiger partial charge in [-0.05, 0) is 111 Å². The van der Waals surface area contributed by atoms with E-state index >= 15 is 0 Å². The Bertz CT molecular complexity index is 604. The number of carboxylic acids is 1. The van der Waals surface area contributed by atoms with Crippen LogP contribution in [0.4, 0.5) is 0 Å². The minimum Gasteiger partial charge on any atom is -0.481 e. The highest BCUT2D eigenvalue weighted by atomic mass is 16.4. The van der Waals surface area contributed by atoms with E-state index in [1.54, 1.807) is 0 Å². The van der Waals surface area contributed by atoms with E-state index in [0.717, 1.165) is 48.5 Å². The lowest BCUT2D eigenvalue weighted by atomic mass is 9.44. The summed E-state index contributed by atoms with van der Waals surface area (Å²) in [5.74, 6) is 3.85. The third-order valence-electron chi connectivity index (χ3n) is 10.4. The van der Waals surface area contributed by atoms with Crippen LogP contribution in [0.15, 0.2) is 0 Å². The van der Waals surface area contributed by atoms with Gasteiger partial charge in [-0.3, -0.25) is 4.79 Å². The Morgan fingerprint density at radius 3 is 2.32 bits per heavy atom. The first kappa shape index (κ1) is 25.1. The number of carbonyl (C=O) groups is 1. The van der Waals surface area contributed by atoms with Gasteiger partial charge in [0.25, 0.3) is 0 Å². The summed E-state index contributed by atoms with van der Waals surface area (Å²) in [7, 11) is 0. The molecule has 0 aliphatic heterocycles. The molecule has 4 aliphatic carbocycles. The monoisotopic (exact) mass is 433 g/mol. The minimum atomic E-state index is -0.623. The second kappa shape index (κ2) is 10.1. The summed E-state index contributed by atoms with van der Waals surface area (Å²) in [5.41, 5.74) is 1.06. The molecule has 3 heteroatoms. The van der Waals surface area contributed by atoms with Crippen LogP contribution in [-0.4, -0.2) is 23.2 Å². The predicted molar refractivity (Wildman–Crippen MR) is 130 cm³/mol. The second-order valence-electron chi connectivity index (χ2n) is 12.1. The van der Waals surface area contributed by atoms with E-state index < -0.39 is 5.97 Å². The predicted octanol–water partition coefficient (Wildman–Crippen LogP) is 7.29. The average molecular weight is 434 g/mol. The van der Waals surface area contributed by atoms with E-state index in [-0.39, 0.29) is 0 Å². The van der Waals surface area contributed by atoms with Gasteiger partial charge in [0.15, 0.2) is 0 Å². The van der Waals surface area contributed by atoms with Gasteiger partial charge in [-0.15, -0.1) is 0 Å². The Labute approximate surface area is 192 Å². The maximum absolute atomic E-state index is 11.0. The standard InChI is InChI=1S/C26H45NO2.C2H6/c1-17(2)27-20-12-14-26(4)19(16-20)8-10-21-22-11-9-18(6-5-7-24(28)29)25(22,3)15-13-23(21)26;1-2/h17-23,27H,5-16H2,1-4H3,(H,28,29);1-2H3. The summed E-state index contributed by atoms with van der Waals surface area (Å²) in [5, 5.41) is 12.9. The SMILES string of the molecule is CC.CC(C)NC1CCC2(C)C(CCC3C4CCC(CCCC(=O)O)C4(C)CCC32)C1. The van der Waals surface area contributed by atoms with Crippen LogP contribution in [0.2, 0.25) is 0 Å². The first-order valence-corrected chi connectivity index (χ1v) is 13.7. The Morgan fingerprint density at radius 2 is 1.65 bits per heavy atom. The Morgan fingerprint density at radius 1 is 0.968 bits per heavy atom. The molecule has 0 bridgehead atoms. The van der Waals surface area contributed by atoms with Crippen molar-refractivity contribution in [3.05, 3.63) is 0 Å². The van der Waals surface area contributed by atoms with E-state index in [4.69, 9.17) is 5.11 Å². The van der Waals surface area contributed by atoms with Crippen LogP contribution in [0, 0.1) is 40.4 Å². The summed E-state index contributed by atoms with van der Waals surface area (Å²) in [4.78, 5) is 11.0. The first-order chi connectivity index (χ1) is 14.7. The first-order valence-electron chi connectivity index (χ1n) is 13.7. The molecule has 4 fully saturated rings. The molecular formula is C28H51NO2. The lowest BCUT2D eigenvalue weighted by Gasteiger charge is -2.61. The van der Waals surface area contributed by atoms with Crippen molar-refractivity contribution in [2.24, 2.45) is 40.4 Å². The minimum absolute atomic E-state index is 0.356. The molecule has 0 heterocycles. The lowest BCUT2D eigenvalue weighted by Crippen LogP contribution is -2.55. The van der Waals surface area contributed by atoms with Gasteiger partial charge >= 0.3 is 5.97 Å². The molecule has 8 atom stereocenters. The van der Waals surface area contributed by atoms with Crippen molar-refractivity contribution in [2.45, 2.75) is 131 Å². The fourth-order valence-electron chi connectivity index (χ4n) is 8.96. The lowest BCUT2D eigenvalue weighted by molar-refractivity contribution is -0.137. The van der Waals surface area contributed by atoms with Crippen molar-refractivity contribution < 1.29 is 9.90 Å². The van der Waals surface area contributed by atoms with Gasteiger partial charge in [0.2, 0.25) is 0 Å². The van der Waals surface area contributed by atoms with E-state index in [1.165, 1.54) is 57.8 Å². The van der Waals surface area contributed by atoms with Crippen molar-refractivity contribution in [3.63, 3.8) is 0 Å².